The second-order valence-corrected chi connectivity index (χ2v) is 12.4. The molecule has 0 bridgehead atoms. The summed E-state index contributed by atoms with van der Waals surface area (Å²) >= 11 is 0. The highest BCUT2D eigenvalue weighted by Crippen LogP contribution is 2.37. The Labute approximate surface area is 223 Å². The van der Waals surface area contributed by atoms with Crippen LogP contribution in [-0.2, 0) is 16.1 Å². The number of hydrogen-bond donors (Lipinski definition) is 1. The molecule has 2 aliphatic carbocycles. The van der Waals surface area contributed by atoms with Crippen LogP contribution >= 0.6 is 0 Å². The van der Waals surface area contributed by atoms with E-state index in [0.717, 1.165) is 57.4 Å². The SMILES string of the molecule is CCCCN1C(=O)[C@H](CC2CCCCC2)NC(=O)C12CCN(Cc1c(C)nn(C3CCCC3)c1C)CC2. The smallest absolute Gasteiger partial charge is 0.246 e. The van der Waals surface area contributed by atoms with Gasteiger partial charge in [0.2, 0.25) is 11.8 Å². The normalized spacial score (nSPS) is 25.8. The largest absolute Gasteiger partial charge is 0.342 e. The Morgan fingerprint density at radius 3 is 2.32 bits per heavy atom. The monoisotopic (exact) mass is 511 g/mol. The molecule has 0 radical (unpaired) electrons. The van der Waals surface area contributed by atoms with Gasteiger partial charge in [0.1, 0.15) is 11.6 Å². The third-order valence-electron chi connectivity index (χ3n) is 10.0. The summed E-state index contributed by atoms with van der Waals surface area (Å²) in [5.41, 5.74) is 3.13. The first-order valence-electron chi connectivity index (χ1n) is 15.3. The van der Waals surface area contributed by atoms with Crippen molar-refractivity contribution in [1.82, 2.24) is 24.9 Å². The van der Waals surface area contributed by atoms with E-state index in [1.54, 1.807) is 0 Å². The fourth-order valence-electron chi connectivity index (χ4n) is 7.66. The molecule has 2 amide bonds. The van der Waals surface area contributed by atoms with Gasteiger partial charge in [-0.3, -0.25) is 19.2 Å². The van der Waals surface area contributed by atoms with Crippen molar-refractivity contribution in [2.45, 2.75) is 135 Å². The van der Waals surface area contributed by atoms with Crippen molar-refractivity contribution >= 4 is 11.8 Å². The summed E-state index contributed by atoms with van der Waals surface area (Å²) in [6.45, 7) is 9.80. The van der Waals surface area contributed by atoms with Crippen molar-refractivity contribution in [3.8, 4) is 0 Å². The molecule has 0 aromatic carbocycles. The van der Waals surface area contributed by atoms with Gasteiger partial charge < -0.3 is 10.2 Å². The number of carbonyl (C=O) groups excluding carboxylic acids is 2. The second kappa shape index (κ2) is 11.5. The maximum Gasteiger partial charge on any atom is 0.246 e. The number of piperidine rings is 1. The van der Waals surface area contributed by atoms with Crippen molar-refractivity contribution in [2.75, 3.05) is 19.6 Å². The molecule has 3 heterocycles. The number of aromatic nitrogens is 2. The molecular formula is C30H49N5O2. The molecule has 1 aromatic rings. The molecule has 1 spiro atoms. The predicted molar refractivity (Wildman–Crippen MR) is 146 cm³/mol. The lowest BCUT2D eigenvalue weighted by atomic mass is 9.79. The number of unbranched alkanes of at least 4 members (excludes halogenated alkanes) is 1. The number of nitrogens with zero attached hydrogens (tertiary/aromatic N) is 4. The van der Waals surface area contributed by atoms with Crippen LogP contribution in [0.4, 0.5) is 0 Å². The number of hydrogen-bond acceptors (Lipinski definition) is 4. The van der Waals surface area contributed by atoms with Crippen LogP contribution in [0.1, 0.15) is 120 Å². The highest BCUT2D eigenvalue weighted by molar-refractivity contribution is 6.00. The maximum atomic E-state index is 13.8. The summed E-state index contributed by atoms with van der Waals surface area (Å²) in [5, 5.41) is 8.17. The molecule has 4 aliphatic rings. The summed E-state index contributed by atoms with van der Waals surface area (Å²) in [5.74, 6) is 0.852. The molecule has 4 fully saturated rings. The van der Waals surface area contributed by atoms with Crippen molar-refractivity contribution in [1.29, 1.82) is 0 Å². The Morgan fingerprint density at radius 1 is 0.973 bits per heavy atom. The average molecular weight is 512 g/mol. The third kappa shape index (κ3) is 5.35. The third-order valence-corrected chi connectivity index (χ3v) is 10.0. The lowest BCUT2D eigenvalue weighted by Gasteiger charge is -2.52. The lowest BCUT2D eigenvalue weighted by Crippen LogP contribution is -2.73. The first-order chi connectivity index (χ1) is 17.9. The predicted octanol–water partition coefficient (Wildman–Crippen LogP) is 5.05. The lowest BCUT2D eigenvalue weighted by molar-refractivity contribution is -0.162. The molecule has 206 valence electrons. The molecule has 7 heteroatoms. The number of likely N-dealkylation sites (tertiary alicyclic amines) is 1. The average Bonchev–Trinajstić information content (AvgIpc) is 3.53. The minimum atomic E-state index is -0.677. The van der Waals surface area contributed by atoms with Crippen LogP contribution in [0.2, 0.25) is 0 Å². The van der Waals surface area contributed by atoms with Crippen LogP contribution in [0, 0.1) is 19.8 Å². The Hall–Kier alpha value is -1.89. The topological polar surface area (TPSA) is 70.5 Å². The molecule has 1 N–H and O–H groups in total. The highest BCUT2D eigenvalue weighted by atomic mass is 16.2. The number of rotatable bonds is 8. The van der Waals surface area contributed by atoms with Gasteiger partial charge in [-0.1, -0.05) is 58.3 Å². The van der Waals surface area contributed by atoms with Gasteiger partial charge in [0.05, 0.1) is 11.7 Å². The molecule has 2 saturated heterocycles. The van der Waals surface area contributed by atoms with Crippen molar-refractivity contribution in [2.24, 2.45) is 5.92 Å². The number of amides is 2. The Kier molecular flexibility index (Phi) is 8.28. The number of nitrogens with one attached hydrogen (secondary N) is 1. The quantitative estimate of drug-likeness (QED) is 0.530. The van der Waals surface area contributed by atoms with Crippen LogP contribution in [-0.4, -0.2) is 62.6 Å². The molecular weight excluding hydrogens is 462 g/mol. The standard InChI is InChI=1S/C30H49N5O2/c1-4-5-17-34-28(36)27(20-24-11-7-6-8-12-24)31-29(37)30(34)15-18-33(19-16-30)21-26-22(2)32-35(23(26)3)25-13-9-10-14-25/h24-25,27H,4-21H2,1-3H3,(H,31,37)/t27-/m0/s1. The summed E-state index contributed by atoms with van der Waals surface area (Å²) in [4.78, 5) is 32.0. The van der Waals surface area contributed by atoms with Crippen molar-refractivity contribution in [3.05, 3.63) is 17.0 Å². The van der Waals surface area contributed by atoms with Crippen LogP contribution in [0.15, 0.2) is 0 Å². The van der Waals surface area contributed by atoms with Gasteiger partial charge >= 0.3 is 0 Å². The van der Waals surface area contributed by atoms with E-state index in [0.29, 0.717) is 18.5 Å². The van der Waals surface area contributed by atoms with Gasteiger partial charge in [-0.05, 0) is 58.3 Å². The van der Waals surface area contributed by atoms with E-state index in [1.165, 1.54) is 69.0 Å². The Balaban J connectivity index is 1.26. The summed E-state index contributed by atoms with van der Waals surface area (Å²) in [6, 6.07) is 0.227. The number of piperazine rings is 1. The molecule has 2 aliphatic heterocycles. The maximum absolute atomic E-state index is 13.8. The molecule has 0 unspecified atom stereocenters. The number of aryl methyl sites for hydroxylation is 1. The van der Waals surface area contributed by atoms with E-state index in [4.69, 9.17) is 5.10 Å². The van der Waals surface area contributed by atoms with E-state index in [-0.39, 0.29) is 17.9 Å². The fourth-order valence-corrected chi connectivity index (χ4v) is 7.66. The van der Waals surface area contributed by atoms with Gasteiger partial charge in [-0.15, -0.1) is 0 Å². The first kappa shape index (κ1) is 26.7. The van der Waals surface area contributed by atoms with Crippen molar-refractivity contribution in [3.63, 3.8) is 0 Å². The van der Waals surface area contributed by atoms with Gasteiger partial charge in [-0.25, -0.2) is 0 Å². The van der Waals surface area contributed by atoms with E-state index >= 15 is 0 Å². The first-order valence-corrected chi connectivity index (χ1v) is 15.3. The second-order valence-electron chi connectivity index (χ2n) is 12.4. The van der Waals surface area contributed by atoms with Gasteiger partial charge in [0, 0.05) is 37.4 Å². The zero-order chi connectivity index (χ0) is 26.0. The summed E-state index contributed by atoms with van der Waals surface area (Å²) < 4.78 is 2.29. The van der Waals surface area contributed by atoms with E-state index < -0.39 is 5.54 Å². The minimum Gasteiger partial charge on any atom is -0.342 e. The Morgan fingerprint density at radius 2 is 1.65 bits per heavy atom. The highest BCUT2D eigenvalue weighted by Gasteiger charge is 2.53. The van der Waals surface area contributed by atoms with Crippen molar-refractivity contribution < 1.29 is 9.59 Å². The minimum absolute atomic E-state index is 0.102. The molecule has 1 aromatic heterocycles. The molecule has 1 atom stereocenters. The van der Waals surface area contributed by atoms with E-state index in [1.807, 2.05) is 4.90 Å². The Bertz CT molecular complexity index is 951. The van der Waals surface area contributed by atoms with Gasteiger partial charge in [0.25, 0.3) is 0 Å². The van der Waals surface area contributed by atoms with Gasteiger partial charge in [0.15, 0.2) is 0 Å². The van der Waals surface area contributed by atoms with Crippen LogP contribution in [0.3, 0.4) is 0 Å². The molecule has 37 heavy (non-hydrogen) atoms. The van der Waals surface area contributed by atoms with E-state index in [9.17, 15) is 9.59 Å². The molecule has 5 rings (SSSR count). The number of carbonyl (C=O) groups is 2. The van der Waals surface area contributed by atoms with Crippen LogP contribution < -0.4 is 5.32 Å². The summed E-state index contributed by atoms with van der Waals surface area (Å²) in [7, 11) is 0. The van der Waals surface area contributed by atoms with E-state index in [2.05, 4.69) is 35.7 Å². The van der Waals surface area contributed by atoms with Gasteiger partial charge in [-0.2, -0.15) is 5.10 Å². The fraction of sp³-hybridized carbons (Fsp3) is 0.833. The zero-order valence-electron chi connectivity index (χ0n) is 23.6. The van der Waals surface area contributed by atoms with Crippen LogP contribution in [0.25, 0.3) is 0 Å². The summed E-state index contributed by atoms with van der Waals surface area (Å²) in [6.07, 6.45) is 15.6. The zero-order valence-corrected chi connectivity index (χ0v) is 23.6. The molecule has 7 nitrogen and oxygen atoms in total. The molecule has 2 saturated carbocycles. The van der Waals surface area contributed by atoms with Crippen LogP contribution in [0.5, 0.6) is 0 Å².